The minimum absolute atomic E-state index is 0.287. The van der Waals surface area contributed by atoms with Crippen molar-refractivity contribution in [3.8, 4) is 0 Å². The monoisotopic (exact) mass is 267 g/mol. The van der Waals surface area contributed by atoms with Crippen LogP contribution in [0.2, 0.25) is 0 Å². The summed E-state index contributed by atoms with van der Waals surface area (Å²) in [6.07, 6.45) is 2.14. The molecule has 2 nitrogen and oxygen atoms in total. The summed E-state index contributed by atoms with van der Waals surface area (Å²) >= 11 is 3.43. The van der Waals surface area contributed by atoms with Crippen molar-refractivity contribution in [3.63, 3.8) is 0 Å². The Bertz CT molecular complexity index is 374. The van der Waals surface area contributed by atoms with Gasteiger partial charge in [-0.25, -0.2) is 0 Å². The van der Waals surface area contributed by atoms with Gasteiger partial charge >= 0.3 is 0 Å². The van der Waals surface area contributed by atoms with Gasteiger partial charge in [0, 0.05) is 24.0 Å². The zero-order valence-corrected chi connectivity index (χ0v) is 10.3. The highest BCUT2D eigenvalue weighted by atomic mass is 79.9. The molecule has 0 unspecified atom stereocenters. The van der Waals surface area contributed by atoms with Gasteiger partial charge in [-0.3, -0.25) is 4.79 Å². The molecule has 0 heterocycles. The Morgan fingerprint density at radius 2 is 2.27 bits per heavy atom. The normalized spacial score (nSPS) is 15.1. The molecule has 1 aliphatic rings. The third-order valence-corrected chi connectivity index (χ3v) is 3.10. The van der Waals surface area contributed by atoms with Crippen molar-refractivity contribution in [1.82, 2.24) is 4.90 Å². The maximum absolute atomic E-state index is 11.7. The number of hydrogen-bond donors (Lipinski definition) is 0. The van der Waals surface area contributed by atoms with Crippen LogP contribution in [0.3, 0.4) is 0 Å². The molecule has 0 atom stereocenters. The molecule has 0 aliphatic heterocycles. The molecule has 2 rings (SSSR count). The number of rotatable bonds is 3. The van der Waals surface area contributed by atoms with Crippen LogP contribution < -0.4 is 0 Å². The highest BCUT2D eigenvalue weighted by Crippen LogP contribution is 2.31. The molecule has 0 spiro atoms. The highest BCUT2D eigenvalue weighted by molar-refractivity contribution is 9.10. The summed E-state index contributed by atoms with van der Waals surface area (Å²) in [5.74, 6) is 0.595. The number of carbonyl (C=O) groups excluding carboxylic acids is 1. The Balaban J connectivity index is 1.98. The van der Waals surface area contributed by atoms with Crippen LogP contribution in [0.25, 0.3) is 0 Å². The zero-order valence-electron chi connectivity index (χ0n) is 8.74. The maximum atomic E-state index is 11.7. The maximum Gasteiger partial charge on any atom is 0.225 e. The summed E-state index contributed by atoms with van der Waals surface area (Å²) in [5, 5.41) is 0. The Hall–Kier alpha value is -0.830. The molecule has 1 aromatic carbocycles. The molecule has 1 fully saturated rings. The first kappa shape index (κ1) is 10.7. The number of benzene rings is 1. The van der Waals surface area contributed by atoms with Gasteiger partial charge in [0.05, 0.1) is 0 Å². The van der Waals surface area contributed by atoms with Gasteiger partial charge in [0.15, 0.2) is 0 Å². The highest BCUT2D eigenvalue weighted by Gasteiger charge is 2.31. The third-order valence-electron chi connectivity index (χ3n) is 2.61. The van der Waals surface area contributed by atoms with Gasteiger partial charge in [-0.1, -0.05) is 28.1 Å². The second kappa shape index (κ2) is 4.35. The molecule has 1 aromatic rings. The van der Waals surface area contributed by atoms with Crippen LogP contribution in [0.5, 0.6) is 0 Å². The van der Waals surface area contributed by atoms with E-state index < -0.39 is 0 Å². The van der Waals surface area contributed by atoms with Crippen molar-refractivity contribution in [1.29, 1.82) is 0 Å². The summed E-state index contributed by atoms with van der Waals surface area (Å²) in [6.45, 7) is 0.703. The predicted molar refractivity (Wildman–Crippen MR) is 63.3 cm³/mol. The van der Waals surface area contributed by atoms with Crippen molar-refractivity contribution in [3.05, 3.63) is 34.3 Å². The van der Waals surface area contributed by atoms with Crippen LogP contribution in [0.15, 0.2) is 28.7 Å². The number of carbonyl (C=O) groups is 1. The first-order valence-electron chi connectivity index (χ1n) is 5.16. The quantitative estimate of drug-likeness (QED) is 0.825. The van der Waals surface area contributed by atoms with Crippen LogP contribution in [-0.2, 0) is 11.3 Å². The number of amides is 1. The number of nitrogens with zero attached hydrogens (tertiary/aromatic N) is 1. The van der Waals surface area contributed by atoms with E-state index in [1.165, 1.54) is 5.56 Å². The average molecular weight is 268 g/mol. The van der Waals surface area contributed by atoms with E-state index >= 15 is 0 Å². The summed E-state index contributed by atoms with van der Waals surface area (Å²) in [6, 6.07) is 8.08. The van der Waals surface area contributed by atoms with E-state index in [0.717, 1.165) is 17.3 Å². The fraction of sp³-hybridized carbons (Fsp3) is 0.417. The van der Waals surface area contributed by atoms with E-state index in [1.807, 2.05) is 30.1 Å². The second-order valence-corrected chi connectivity index (χ2v) is 5.01. The molecule has 1 aliphatic carbocycles. The van der Waals surface area contributed by atoms with E-state index in [4.69, 9.17) is 0 Å². The van der Waals surface area contributed by atoms with E-state index in [0.29, 0.717) is 12.5 Å². The first-order valence-corrected chi connectivity index (χ1v) is 5.95. The van der Waals surface area contributed by atoms with Gasteiger partial charge in [0.1, 0.15) is 0 Å². The SMILES string of the molecule is CN(Cc1cccc(Br)c1)C(=O)C1CC1. The van der Waals surface area contributed by atoms with Crippen molar-refractivity contribution in [2.45, 2.75) is 19.4 Å². The Kier molecular flexibility index (Phi) is 3.10. The fourth-order valence-corrected chi connectivity index (χ4v) is 2.08. The molecule has 3 heteroatoms. The molecule has 0 saturated heterocycles. The summed E-state index contributed by atoms with van der Waals surface area (Å²) < 4.78 is 1.06. The lowest BCUT2D eigenvalue weighted by molar-refractivity contribution is -0.131. The van der Waals surface area contributed by atoms with Gasteiger partial charge in [-0.05, 0) is 30.5 Å². The molecule has 1 saturated carbocycles. The van der Waals surface area contributed by atoms with Crippen LogP contribution in [-0.4, -0.2) is 17.9 Å². The van der Waals surface area contributed by atoms with Crippen LogP contribution in [0, 0.1) is 5.92 Å². The van der Waals surface area contributed by atoms with Crippen LogP contribution >= 0.6 is 15.9 Å². The molecule has 0 bridgehead atoms. The number of halogens is 1. The van der Waals surface area contributed by atoms with Gasteiger partial charge < -0.3 is 4.90 Å². The Morgan fingerprint density at radius 3 is 2.87 bits per heavy atom. The predicted octanol–water partition coefficient (Wildman–Crippen LogP) is 2.82. The standard InChI is InChI=1S/C12H14BrNO/c1-14(12(15)10-5-6-10)8-9-3-2-4-11(13)7-9/h2-4,7,10H,5-6,8H2,1H3. The fourth-order valence-electron chi connectivity index (χ4n) is 1.63. The molecule has 1 amide bonds. The minimum atomic E-state index is 0.287. The first-order chi connectivity index (χ1) is 7.16. The van der Waals surface area contributed by atoms with E-state index in [-0.39, 0.29) is 5.91 Å². The molecular formula is C12H14BrNO. The van der Waals surface area contributed by atoms with E-state index in [1.54, 1.807) is 0 Å². The lowest BCUT2D eigenvalue weighted by Gasteiger charge is -2.17. The Morgan fingerprint density at radius 1 is 1.53 bits per heavy atom. The summed E-state index contributed by atoms with van der Waals surface area (Å²) in [4.78, 5) is 13.5. The molecule has 0 N–H and O–H groups in total. The molecule has 0 aromatic heterocycles. The zero-order chi connectivity index (χ0) is 10.8. The molecule has 0 radical (unpaired) electrons. The van der Waals surface area contributed by atoms with Gasteiger partial charge in [-0.15, -0.1) is 0 Å². The van der Waals surface area contributed by atoms with E-state index in [9.17, 15) is 4.79 Å². The summed E-state index contributed by atoms with van der Waals surface area (Å²) in [5.41, 5.74) is 1.17. The average Bonchev–Trinajstić information content (AvgIpc) is 2.99. The van der Waals surface area contributed by atoms with E-state index in [2.05, 4.69) is 22.0 Å². The van der Waals surface area contributed by atoms with Crippen LogP contribution in [0.4, 0.5) is 0 Å². The molecular weight excluding hydrogens is 254 g/mol. The topological polar surface area (TPSA) is 20.3 Å². The van der Waals surface area contributed by atoms with Gasteiger partial charge in [-0.2, -0.15) is 0 Å². The van der Waals surface area contributed by atoms with Gasteiger partial charge in [0.25, 0.3) is 0 Å². The Labute approximate surface area is 98.4 Å². The van der Waals surface area contributed by atoms with Crippen molar-refractivity contribution in [2.24, 2.45) is 5.92 Å². The van der Waals surface area contributed by atoms with Crippen molar-refractivity contribution in [2.75, 3.05) is 7.05 Å². The summed E-state index contributed by atoms with van der Waals surface area (Å²) in [7, 11) is 1.88. The molecule has 15 heavy (non-hydrogen) atoms. The molecule has 80 valence electrons. The minimum Gasteiger partial charge on any atom is -0.341 e. The third kappa shape index (κ3) is 2.81. The second-order valence-electron chi connectivity index (χ2n) is 4.10. The van der Waals surface area contributed by atoms with Crippen LogP contribution in [0.1, 0.15) is 18.4 Å². The lowest BCUT2D eigenvalue weighted by Crippen LogP contribution is -2.27. The number of hydrogen-bond acceptors (Lipinski definition) is 1. The largest absolute Gasteiger partial charge is 0.341 e. The van der Waals surface area contributed by atoms with Gasteiger partial charge in [0.2, 0.25) is 5.91 Å². The smallest absolute Gasteiger partial charge is 0.225 e. The lowest BCUT2D eigenvalue weighted by atomic mass is 10.2. The van der Waals surface area contributed by atoms with Crippen molar-refractivity contribution < 1.29 is 4.79 Å². The van der Waals surface area contributed by atoms with Crippen molar-refractivity contribution >= 4 is 21.8 Å².